The first-order chi connectivity index (χ1) is 9.78. The van der Waals surface area contributed by atoms with Crippen molar-refractivity contribution in [3.63, 3.8) is 0 Å². The summed E-state index contributed by atoms with van der Waals surface area (Å²) in [5.74, 6) is 2.00. The first-order valence-electron chi connectivity index (χ1n) is 7.90. The molecule has 3 nitrogen and oxygen atoms in total. The van der Waals surface area contributed by atoms with Gasteiger partial charge in [-0.1, -0.05) is 13.0 Å². The molecule has 1 aromatic carbocycles. The van der Waals surface area contributed by atoms with Crippen LogP contribution in [0.15, 0.2) is 18.2 Å². The summed E-state index contributed by atoms with van der Waals surface area (Å²) < 4.78 is 12.3. The molecular weight excluding hydrogens is 250 g/mol. The van der Waals surface area contributed by atoms with Gasteiger partial charge in [-0.25, -0.2) is 0 Å². The monoisotopic (exact) mass is 275 g/mol. The van der Waals surface area contributed by atoms with Crippen molar-refractivity contribution in [2.45, 2.75) is 57.1 Å². The third-order valence-corrected chi connectivity index (χ3v) is 4.60. The lowest BCUT2D eigenvalue weighted by Gasteiger charge is -2.40. The SMILES string of the molecule is CCCOc1cccc2c1C(NC)CC1(CCCC1)O2. The van der Waals surface area contributed by atoms with E-state index in [0.717, 1.165) is 30.9 Å². The second kappa shape index (κ2) is 5.65. The quantitative estimate of drug-likeness (QED) is 0.906. The molecule has 0 saturated heterocycles. The van der Waals surface area contributed by atoms with Crippen LogP contribution in [0.4, 0.5) is 0 Å². The van der Waals surface area contributed by atoms with Crippen LogP contribution in [0, 0.1) is 0 Å². The average Bonchev–Trinajstić information content (AvgIpc) is 2.91. The summed E-state index contributed by atoms with van der Waals surface area (Å²) in [5, 5.41) is 3.47. The highest BCUT2D eigenvalue weighted by Gasteiger charge is 2.43. The molecule has 0 amide bonds. The van der Waals surface area contributed by atoms with Crippen LogP contribution in [0.5, 0.6) is 11.5 Å². The van der Waals surface area contributed by atoms with Crippen molar-refractivity contribution in [2.75, 3.05) is 13.7 Å². The Morgan fingerprint density at radius 1 is 1.35 bits per heavy atom. The summed E-state index contributed by atoms with van der Waals surface area (Å²) in [6, 6.07) is 6.54. The molecule has 1 fully saturated rings. The van der Waals surface area contributed by atoms with E-state index in [0.29, 0.717) is 6.04 Å². The van der Waals surface area contributed by atoms with Gasteiger partial charge in [0.15, 0.2) is 0 Å². The normalized spacial score (nSPS) is 23.4. The molecule has 110 valence electrons. The van der Waals surface area contributed by atoms with Crippen LogP contribution in [-0.4, -0.2) is 19.3 Å². The molecule has 0 radical (unpaired) electrons. The maximum Gasteiger partial charge on any atom is 0.128 e. The topological polar surface area (TPSA) is 30.5 Å². The van der Waals surface area contributed by atoms with Gasteiger partial charge >= 0.3 is 0 Å². The Hall–Kier alpha value is -1.22. The molecule has 1 spiro atoms. The molecule has 1 aliphatic heterocycles. The molecule has 0 aromatic heterocycles. The highest BCUT2D eigenvalue weighted by molar-refractivity contribution is 5.49. The summed E-state index contributed by atoms with van der Waals surface area (Å²) in [4.78, 5) is 0. The van der Waals surface area contributed by atoms with Gasteiger partial charge in [0.1, 0.15) is 17.1 Å². The van der Waals surface area contributed by atoms with E-state index in [1.54, 1.807) is 0 Å². The van der Waals surface area contributed by atoms with Crippen molar-refractivity contribution in [3.8, 4) is 11.5 Å². The lowest BCUT2D eigenvalue weighted by atomic mass is 9.85. The Bertz CT molecular complexity index is 466. The molecule has 1 saturated carbocycles. The number of rotatable bonds is 4. The highest BCUT2D eigenvalue weighted by atomic mass is 16.5. The minimum Gasteiger partial charge on any atom is -0.493 e. The van der Waals surface area contributed by atoms with Crippen molar-refractivity contribution in [1.29, 1.82) is 0 Å². The van der Waals surface area contributed by atoms with Gasteiger partial charge < -0.3 is 14.8 Å². The van der Waals surface area contributed by atoms with E-state index < -0.39 is 0 Å². The van der Waals surface area contributed by atoms with Crippen molar-refractivity contribution in [3.05, 3.63) is 23.8 Å². The molecular formula is C17H25NO2. The molecule has 0 bridgehead atoms. The average molecular weight is 275 g/mol. The fraction of sp³-hybridized carbons (Fsp3) is 0.647. The lowest BCUT2D eigenvalue weighted by Crippen LogP contribution is -2.41. The summed E-state index contributed by atoms with van der Waals surface area (Å²) in [6.07, 6.45) is 7.03. The summed E-state index contributed by atoms with van der Waals surface area (Å²) in [5.41, 5.74) is 1.27. The van der Waals surface area contributed by atoms with Gasteiger partial charge in [0.05, 0.1) is 12.2 Å². The van der Waals surface area contributed by atoms with E-state index in [1.165, 1.54) is 31.2 Å². The molecule has 1 aliphatic carbocycles. The smallest absolute Gasteiger partial charge is 0.128 e. The van der Waals surface area contributed by atoms with Crippen LogP contribution in [0.2, 0.25) is 0 Å². The highest BCUT2D eigenvalue weighted by Crippen LogP contribution is 2.49. The Kier molecular flexibility index (Phi) is 3.88. The van der Waals surface area contributed by atoms with Crippen molar-refractivity contribution in [2.24, 2.45) is 0 Å². The van der Waals surface area contributed by atoms with Gasteiger partial charge in [0, 0.05) is 12.5 Å². The minimum absolute atomic E-state index is 0.0596. The largest absolute Gasteiger partial charge is 0.493 e. The van der Waals surface area contributed by atoms with Gasteiger partial charge in [-0.15, -0.1) is 0 Å². The molecule has 1 unspecified atom stereocenters. The number of fused-ring (bicyclic) bond motifs is 1. The zero-order valence-electron chi connectivity index (χ0n) is 12.6. The molecule has 2 aliphatic rings. The second-order valence-electron chi connectivity index (χ2n) is 6.05. The van der Waals surface area contributed by atoms with E-state index in [1.807, 2.05) is 13.1 Å². The molecule has 3 heteroatoms. The molecule has 1 heterocycles. The number of hydrogen-bond donors (Lipinski definition) is 1. The Morgan fingerprint density at radius 2 is 2.15 bits per heavy atom. The molecule has 1 atom stereocenters. The van der Waals surface area contributed by atoms with E-state index in [-0.39, 0.29) is 5.60 Å². The van der Waals surface area contributed by atoms with Gasteiger partial charge in [0.2, 0.25) is 0 Å². The maximum absolute atomic E-state index is 6.41. The summed E-state index contributed by atoms with van der Waals surface area (Å²) in [7, 11) is 2.04. The molecule has 20 heavy (non-hydrogen) atoms. The van der Waals surface area contributed by atoms with Crippen LogP contribution in [0.1, 0.15) is 57.1 Å². The molecule has 1 N–H and O–H groups in total. The van der Waals surface area contributed by atoms with Crippen molar-refractivity contribution < 1.29 is 9.47 Å². The van der Waals surface area contributed by atoms with E-state index in [2.05, 4.69) is 24.4 Å². The summed E-state index contributed by atoms with van der Waals surface area (Å²) >= 11 is 0. The zero-order chi connectivity index (χ0) is 14.0. The standard InChI is InChI=1S/C17H25NO2/c1-3-11-19-14-7-6-8-15-16(14)13(18-2)12-17(20-15)9-4-5-10-17/h6-8,13,18H,3-5,9-12H2,1-2H3. The van der Waals surface area contributed by atoms with E-state index >= 15 is 0 Å². The zero-order valence-corrected chi connectivity index (χ0v) is 12.6. The molecule has 1 aromatic rings. The predicted molar refractivity (Wildman–Crippen MR) is 80.5 cm³/mol. The fourth-order valence-corrected chi connectivity index (χ4v) is 3.62. The van der Waals surface area contributed by atoms with E-state index in [4.69, 9.17) is 9.47 Å². The van der Waals surface area contributed by atoms with Crippen LogP contribution in [-0.2, 0) is 0 Å². The first-order valence-corrected chi connectivity index (χ1v) is 7.90. The van der Waals surface area contributed by atoms with Gasteiger partial charge in [-0.05, 0) is 51.3 Å². The third-order valence-electron chi connectivity index (χ3n) is 4.60. The fourth-order valence-electron chi connectivity index (χ4n) is 3.62. The Labute approximate surface area is 121 Å². The predicted octanol–water partition coefficient (Wildman–Crippen LogP) is 3.83. The van der Waals surface area contributed by atoms with Crippen LogP contribution < -0.4 is 14.8 Å². The second-order valence-corrected chi connectivity index (χ2v) is 6.05. The van der Waals surface area contributed by atoms with Crippen molar-refractivity contribution >= 4 is 0 Å². The van der Waals surface area contributed by atoms with E-state index in [9.17, 15) is 0 Å². The third kappa shape index (κ3) is 2.39. The van der Waals surface area contributed by atoms with Crippen LogP contribution >= 0.6 is 0 Å². The van der Waals surface area contributed by atoms with Gasteiger partial charge in [-0.2, -0.15) is 0 Å². The number of nitrogens with one attached hydrogen (secondary N) is 1. The lowest BCUT2D eigenvalue weighted by molar-refractivity contribution is 0.0367. The summed E-state index contributed by atoms with van der Waals surface area (Å²) in [6.45, 7) is 2.90. The number of hydrogen-bond acceptors (Lipinski definition) is 3. The van der Waals surface area contributed by atoms with Gasteiger partial charge in [-0.3, -0.25) is 0 Å². The van der Waals surface area contributed by atoms with Crippen molar-refractivity contribution in [1.82, 2.24) is 5.32 Å². The van der Waals surface area contributed by atoms with Crippen LogP contribution in [0.3, 0.4) is 0 Å². The minimum atomic E-state index is 0.0596. The van der Waals surface area contributed by atoms with Crippen LogP contribution in [0.25, 0.3) is 0 Å². The first kappa shape index (κ1) is 13.7. The number of benzene rings is 1. The van der Waals surface area contributed by atoms with Gasteiger partial charge in [0.25, 0.3) is 0 Å². The maximum atomic E-state index is 6.41. The number of ether oxygens (including phenoxy) is 2. The molecule has 3 rings (SSSR count). The Morgan fingerprint density at radius 3 is 2.85 bits per heavy atom. The Balaban J connectivity index is 1.94.